The normalized spacial score (nSPS) is 10.7. The molecule has 0 amide bonds. The lowest BCUT2D eigenvalue weighted by Gasteiger charge is -2.01. The number of nitrogens with one attached hydrogen (secondary N) is 1. The van der Waals surface area contributed by atoms with E-state index in [0.717, 1.165) is 14.6 Å². The smallest absolute Gasteiger partial charge is 0.165 e. The molecule has 3 nitrogen and oxygen atoms in total. The molecular formula is C8H6ClIN2O. The minimum atomic E-state index is 0.581. The van der Waals surface area contributed by atoms with Gasteiger partial charge in [-0.05, 0) is 34.7 Å². The summed E-state index contributed by atoms with van der Waals surface area (Å²) in [5.74, 6) is 0.623. The molecule has 0 fully saturated rings. The fourth-order valence-corrected chi connectivity index (χ4v) is 1.98. The third-order valence-electron chi connectivity index (χ3n) is 1.79. The van der Waals surface area contributed by atoms with Crippen molar-refractivity contribution in [2.75, 3.05) is 7.11 Å². The zero-order valence-electron chi connectivity index (χ0n) is 6.77. The first-order chi connectivity index (χ1) is 6.24. The van der Waals surface area contributed by atoms with E-state index in [-0.39, 0.29) is 0 Å². The van der Waals surface area contributed by atoms with Crippen LogP contribution in [0.3, 0.4) is 0 Å². The average Bonchev–Trinajstić information content (AvgIpc) is 2.48. The molecule has 0 bridgehead atoms. The van der Waals surface area contributed by atoms with E-state index >= 15 is 0 Å². The zero-order chi connectivity index (χ0) is 9.42. The zero-order valence-corrected chi connectivity index (χ0v) is 9.68. The summed E-state index contributed by atoms with van der Waals surface area (Å²) in [7, 11) is 1.59. The van der Waals surface area contributed by atoms with E-state index in [1.807, 2.05) is 6.07 Å². The molecule has 13 heavy (non-hydrogen) atoms. The van der Waals surface area contributed by atoms with Crippen LogP contribution in [0, 0.1) is 3.70 Å². The maximum Gasteiger partial charge on any atom is 0.165 e. The Morgan fingerprint density at radius 3 is 3.00 bits per heavy atom. The third-order valence-corrected chi connectivity index (χ3v) is 2.91. The lowest BCUT2D eigenvalue weighted by Crippen LogP contribution is -1.85. The topological polar surface area (TPSA) is 37.9 Å². The highest BCUT2D eigenvalue weighted by Crippen LogP contribution is 2.33. The molecular weight excluding hydrogens is 302 g/mol. The van der Waals surface area contributed by atoms with Gasteiger partial charge in [-0.25, -0.2) is 0 Å². The summed E-state index contributed by atoms with van der Waals surface area (Å²) in [6.07, 6.45) is 0. The second-order valence-corrected chi connectivity index (χ2v) is 4.00. The Kier molecular flexibility index (Phi) is 2.33. The molecule has 68 valence electrons. The summed E-state index contributed by atoms with van der Waals surface area (Å²) >= 11 is 8.11. The van der Waals surface area contributed by atoms with Crippen LogP contribution in [0.2, 0.25) is 5.02 Å². The fraction of sp³-hybridized carbons (Fsp3) is 0.125. The largest absolute Gasteiger partial charge is 0.493 e. The van der Waals surface area contributed by atoms with Crippen LogP contribution in [0.15, 0.2) is 12.1 Å². The number of aromatic nitrogens is 2. The Bertz CT molecular complexity index is 455. The van der Waals surface area contributed by atoms with Crippen molar-refractivity contribution < 1.29 is 4.74 Å². The molecule has 1 aromatic heterocycles. The van der Waals surface area contributed by atoms with E-state index in [1.165, 1.54) is 0 Å². The van der Waals surface area contributed by atoms with Crippen molar-refractivity contribution in [2.45, 2.75) is 0 Å². The number of fused-ring (bicyclic) bond motifs is 1. The van der Waals surface area contributed by atoms with Crippen molar-refractivity contribution >= 4 is 45.1 Å². The van der Waals surface area contributed by atoms with Crippen molar-refractivity contribution in [3.63, 3.8) is 0 Å². The van der Waals surface area contributed by atoms with Gasteiger partial charge in [0.15, 0.2) is 5.75 Å². The second-order valence-electron chi connectivity index (χ2n) is 2.51. The molecule has 0 saturated heterocycles. The summed E-state index contributed by atoms with van der Waals surface area (Å²) in [6, 6.07) is 3.73. The first kappa shape index (κ1) is 9.08. The second kappa shape index (κ2) is 3.34. The monoisotopic (exact) mass is 308 g/mol. The van der Waals surface area contributed by atoms with Gasteiger partial charge in [0.05, 0.1) is 12.1 Å². The van der Waals surface area contributed by atoms with Gasteiger partial charge in [-0.2, -0.15) is 5.10 Å². The predicted octanol–water partition coefficient (Wildman–Crippen LogP) is 2.83. The molecule has 0 atom stereocenters. The summed E-state index contributed by atoms with van der Waals surface area (Å²) in [5, 5.41) is 8.60. The predicted molar refractivity (Wildman–Crippen MR) is 60.4 cm³/mol. The highest BCUT2D eigenvalue weighted by Gasteiger charge is 2.10. The SMILES string of the molecule is COc1c(Cl)ccc2c(I)[nH]nc12. The van der Waals surface area contributed by atoms with Crippen LogP contribution in [-0.2, 0) is 0 Å². The van der Waals surface area contributed by atoms with E-state index < -0.39 is 0 Å². The minimum absolute atomic E-state index is 0.581. The molecule has 1 N–H and O–H groups in total. The number of aromatic amines is 1. The standard InChI is InChI=1S/C8H6ClIN2O/c1-13-7-5(9)3-2-4-6(7)11-12-8(4)10/h2-3H,1H3,(H,11,12). The van der Waals surface area contributed by atoms with Gasteiger partial charge in [0.1, 0.15) is 9.22 Å². The van der Waals surface area contributed by atoms with E-state index in [2.05, 4.69) is 32.8 Å². The summed E-state index contributed by atoms with van der Waals surface area (Å²) < 4.78 is 6.14. The quantitative estimate of drug-likeness (QED) is 0.823. The molecule has 2 rings (SSSR count). The van der Waals surface area contributed by atoms with Gasteiger partial charge in [-0.15, -0.1) is 0 Å². The molecule has 0 radical (unpaired) electrons. The minimum Gasteiger partial charge on any atom is -0.493 e. The molecule has 0 aliphatic carbocycles. The van der Waals surface area contributed by atoms with Gasteiger partial charge in [-0.1, -0.05) is 11.6 Å². The molecule has 5 heteroatoms. The molecule has 0 aliphatic rings. The Balaban J connectivity index is 2.85. The van der Waals surface area contributed by atoms with Crippen molar-refractivity contribution in [3.05, 3.63) is 20.9 Å². The summed E-state index contributed by atoms with van der Waals surface area (Å²) in [6.45, 7) is 0. The number of H-pyrrole nitrogens is 1. The lowest BCUT2D eigenvalue weighted by molar-refractivity contribution is 0.419. The van der Waals surface area contributed by atoms with Gasteiger partial charge in [0.2, 0.25) is 0 Å². The number of rotatable bonds is 1. The first-order valence-electron chi connectivity index (χ1n) is 3.60. The van der Waals surface area contributed by atoms with Crippen LogP contribution < -0.4 is 4.74 Å². The van der Waals surface area contributed by atoms with Crippen molar-refractivity contribution in [1.82, 2.24) is 10.2 Å². The number of hydrogen-bond acceptors (Lipinski definition) is 2. The molecule has 0 aliphatic heterocycles. The van der Waals surface area contributed by atoms with Crippen molar-refractivity contribution in [1.29, 1.82) is 0 Å². The number of ether oxygens (including phenoxy) is 1. The van der Waals surface area contributed by atoms with Gasteiger partial charge >= 0.3 is 0 Å². The number of benzene rings is 1. The van der Waals surface area contributed by atoms with E-state index in [4.69, 9.17) is 16.3 Å². The van der Waals surface area contributed by atoms with Crippen LogP contribution in [-0.4, -0.2) is 17.3 Å². The average molecular weight is 309 g/mol. The first-order valence-corrected chi connectivity index (χ1v) is 5.05. The summed E-state index contributed by atoms with van der Waals surface area (Å²) in [4.78, 5) is 0. The highest BCUT2D eigenvalue weighted by molar-refractivity contribution is 14.1. The number of halogens is 2. The maximum absolute atomic E-state index is 5.93. The van der Waals surface area contributed by atoms with Crippen molar-refractivity contribution in [3.8, 4) is 5.75 Å². The summed E-state index contributed by atoms with van der Waals surface area (Å²) in [5.41, 5.74) is 0.777. The third kappa shape index (κ3) is 1.38. The van der Waals surface area contributed by atoms with Crippen LogP contribution in [0.5, 0.6) is 5.75 Å². The van der Waals surface area contributed by atoms with Crippen LogP contribution in [0.25, 0.3) is 10.9 Å². The van der Waals surface area contributed by atoms with E-state index in [0.29, 0.717) is 10.8 Å². The number of methoxy groups -OCH3 is 1. The Morgan fingerprint density at radius 2 is 2.31 bits per heavy atom. The highest BCUT2D eigenvalue weighted by atomic mass is 127. The van der Waals surface area contributed by atoms with Crippen LogP contribution >= 0.6 is 34.2 Å². The Morgan fingerprint density at radius 1 is 1.54 bits per heavy atom. The van der Waals surface area contributed by atoms with E-state index in [9.17, 15) is 0 Å². The van der Waals surface area contributed by atoms with Crippen molar-refractivity contribution in [2.24, 2.45) is 0 Å². The van der Waals surface area contributed by atoms with E-state index in [1.54, 1.807) is 13.2 Å². The van der Waals surface area contributed by atoms with Gasteiger partial charge in [-0.3, -0.25) is 5.10 Å². The van der Waals surface area contributed by atoms with Gasteiger partial charge in [0, 0.05) is 5.39 Å². The molecule has 2 aromatic rings. The number of hydrogen-bond donors (Lipinski definition) is 1. The molecule has 0 saturated carbocycles. The maximum atomic E-state index is 5.93. The molecule has 1 heterocycles. The Labute approximate surface area is 93.6 Å². The molecule has 0 spiro atoms. The van der Waals surface area contributed by atoms with Gasteiger partial charge in [0.25, 0.3) is 0 Å². The Hall–Kier alpha value is -0.490. The molecule has 1 aromatic carbocycles. The fourth-order valence-electron chi connectivity index (χ4n) is 1.19. The van der Waals surface area contributed by atoms with Crippen LogP contribution in [0.4, 0.5) is 0 Å². The molecule has 0 unspecified atom stereocenters. The van der Waals surface area contributed by atoms with Gasteiger partial charge < -0.3 is 4.74 Å². The van der Waals surface area contributed by atoms with Crippen LogP contribution in [0.1, 0.15) is 0 Å². The lowest BCUT2D eigenvalue weighted by atomic mass is 10.2. The number of nitrogens with zero attached hydrogens (tertiary/aromatic N) is 1.